The molecule has 1 atom stereocenters. The molecule has 0 spiro atoms. The van der Waals surface area contributed by atoms with Crippen molar-refractivity contribution in [2.45, 2.75) is 31.7 Å². The Balaban J connectivity index is 1.62. The zero-order valence-electron chi connectivity index (χ0n) is 15.5. The van der Waals surface area contributed by atoms with E-state index in [9.17, 15) is 14.9 Å². The summed E-state index contributed by atoms with van der Waals surface area (Å²) in [5, 5.41) is 12.6. The van der Waals surface area contributed by atoms with Gasteiger partial charge < -0.3 is 16.0 Å². The highest BCUT2D eigenvalue weighted by atomic mass is 16.2. The Morgan fingerprint density at radius 1 is 1.11 bits per heavy atom. The molecule has 2 amide bonds. The van der Waals surface area contributed by atoms with E-state index in [1.807, 2.05) is 47.4 Å². The van der Waals surface area contributed by atoms with Crippen molar-refractivity contribution in [3.63, 3.8) is 0 Å². The van der Waals surface area contributed by atoms with Gasteiger partial charge in [0.2, 0.25) is 11.8 Å². The number of nitrogens with zero attached hydrogens (tertiary/aromatic N) is 2. The van der Waals surface area contributed by atoms with E-state index in [4.69, 9.17) is 5.73 Å². The van der Waals surface area contributed by atoms with Gasteiger partial charge in [-0.05, 0) is 61.1 Å². The number of benzene rings is 2. The highest BCUT2D eigenvalue weighted by molar-refractivity contribution is 5.94. The van der Waals surface area contributed by atoms with Gasteiger partial charge in [0.05, 0.1) is 11.3 Å². The Bertz CT molecular complexity index is 975. The van der Waals surface area contributed by atoms with Gasteiger partial charge in [0.1, 0.15) is 12.1 Å². The Morgan fingerprint density at radius 3 is 2.61 bits per heavy atom. The minimum atomic E-state index is -0.362. The maximum absolute atomic E-state index is 12.0. The number of nitriles is 1. The fourth-order valence-electron chi connectivity index (χ4n) is 3.77. The van der Waals surface area contributed by atoms with Crippen LogP contribution in [0.15, 0.2) is 42.5 Å². The van der Waals surface area contributed by atoms with Gasteiger partial charge in [-0.3, -0.25) is 9.59 Å². The molecule has 28 heavy (non-hydrogen) atoms. The summed E-state index contributed by atoms with van der Waals surface area (Å²) in [6.07, 6.45) is 3.51. The van der Waals surface area contributed by atoms with Crippen LogP contribution < -0.4 is 16.0 Å². The lowest BCUT2D eigenvalue weighted by molar-refractivity contribution is -0.119. The zero-order valence-corrected chi connectivity index (χ0v) is 15.5. The predicted octanol–water partition coefficient (Wildman–Crippen LogP) is 3.03. The second-order valence-electron chi connectivity index (χ2n) is 7.44. The first-order chi connectivity index (χ1) is 13.6. The minimum absolute atomic E-state index is 0.0664. The van der Waals surface area contributed by atoms with Crippen molar-refractivity contribution in [3.05, 3.63) is 48.0 Å². The molecule has 0 radical (unpaired) electrons. The molecule has 6 heteroatoms. The first-order valence-electron chi connectivity index (χ1n) is 9.58. The zero-order chi connectivity index (χ0) is 19.7. The van der Waals surface area contributed by atoms with E-state index < -0.39 is 0 Å². The van der Waals surface area contributed by atoms with Gasteiger partial charge in [-0.25, -0.2) is 0 Å². The summed E-state index contributed by atoms with van der Waals surface area (Å²) in [4.78, 5) is 25.6. The van der Waals surface area contributed by atoms with Crippen molar-refractivity contribution in [1.82, 2.24) is 0 Å². The molecule has 142 valence electrons. The molecule has 2 fully saturated rings. The number of rotatable bonds is 5. The molecular weight excluding hydrogens is 352 g/mol. The van der Waals surface area contributed by atoms with E-state index in [1.54, 1.807) is 0 Å². The van der Waals surface area contributed by atoms with Gasteiger partial charge in [-0.2, -0.15) is 5.26 Å². The maximum Gasteiger partial charge on any atom is 0.240 e. The lowest BCUT2D eigenvalue weighted by atomic mass is 10.0. The van der Waals surface area contributed by atoms with Gasteiger partial charge in [-0.15, -0.1) is 0 Å². The summed E-state index contributed by atoms with van der Waals surface area (Å²) in [7, 11) is 0. The Morgan fingerprint density at radius 2 is 1.89 bits per heavy atom. The van der Waals surface area contributed by atoms with Crippen LogP contribution in [0.3, 0.4) is 0 Å². The van der Waals surface area contributed by atoms with Crippen molar-refractivity contribution in [2.75, 3.05) is 16.8 Å². The molecule has 6 nitrogen and oxygen atoms in total. The topological polar surface area (TPSA) is 99.2 Å². The summed E-state index contributed by atoms with van der Waals surface area (Å²) in [6, 6.07) is 15.2. The number of anilines is 2. The van der Waals surface area contributed by atoms with Crippen LogP contribution in [0.4, 0.5) is 11.4 Å². The summed E-state index contributed by atoms with van der Waals surface area (Å²) in [5.74, 6) is -0.145. The summed E-state index contributed by atoms with van der Waals surface area (Å²) >= 11 is 0. The maximum atomic E-state index is 12.0. The number of hydrogen-bond acceptors (Lipinski definition) is 4. The summed E-state index contributed by atoms with van der Waals surface area (Å²) in [5.41, 5.74) is 9.34. The van der Waals surface area contributed by atoms with Gasteiger partial charge in [0.25, 0.3) is 0 Å². The lowest BCUT2D eigenvalue weighted by Crippen LogP contribution is -2.40. The summed E-state index contributed by atoms with van der Waals surface area (Å²) in [6.45, 7) is 0.713. The molecule has 0 unspecified atom stereocenters. The molecule has 2 aliphatic rings. The molecule has 1 aliphatic carbocycles. The third-order valence-corrected chi connectivity index (χ3v) is 5.42. The first kappa shape index (κ1) is 18.1. The smallest absolute Gasteiger partial charge is 0.240 e. The van der Waals surface area contributed by atoms with Crippen LogP contribution in [0, 0.1) is 17.2 Å². The van der Waals surface area contributed by atoms with E-state index >= 15 is 0 Å². The molecule has 0 bridgehead atoms. The van der Waals surface area contributed by atoms with Crippen molar-refractivity contribution in [2.24, 2.45) is 11.7 Å². The van der Waals surface area contributed by atoms with E-state index in [-0.39, 0.29) is 23.8 Å². The van der Waals surface area contributed by atoms with Crippen LogP contribution >= 0.6 is 0 Å². The fraction of sp³-hybridized carbons (Fsp3) is 0.318. The van der Waals surface area contributed by atoms with Crippen LogP contribution in [0.25, 0.3) is 11.1 Å². The first-order valence-corrected chi connectivity index (χ1v) is 9.58. The van der Waals surface area contributed by atoms with Crippen molar-refractivity contribution < 1.29 is 9.59 Å². The standard InChI is InChI=1S/C22H22N4O2/c23-13-17-11-16(8-9-19(17)26-10-2-5-20(26)21(24)27)15-3-1-4-18(12-15)25-22(28)14-6-7-14/h1,3-4,8-9,11-12,14,20H,2,5-7,10H2,(H2,24,27)(H,25,28)/t20-/m1/s1. The monoisotopic (exact) mass is 374 g/mol. The Kier molecular flexibility index (Phi) is 4.74. The molecule has 2 aromatic rings. The number of primary amides is 1. The molecular formula is C22H22N4O2. The van der Waals surface area contributed by atoms with E-state index in [2.05, 4.69) is 11.4 Å². The Hall–Kier alpha value is -3.33. The molecule has 1 aliphatic heterocycles. The second kappa shape index (κ2) is 7.35. The number of carbonyl (C=O) groups is 2. The molecule has 1 saturated carbocycles. The van der Waals surface area contributed by atoms with Crippen molar-refractivity contribution in [3.8, 4) is 17.2 Å². The third kappa shape index (κ3) is 3.56. The van der Waals surface area contributed by atoms with Crippen LogP contribution in [0.5, 0.6) is 0 Å². The predicted molar refractivity (Wildman–Crippen MR) is 108 cm³/mol. The van der Waals surface area contributed by atoms with Gasteiger partial charge in [0, 0.05) is 18.2 Å². The number of amides is 2. The molecule has 2 aromatic carbocycles. The molecule has 0 aromatic heterocycles. The number of nitrogens with two attached hydrogens (primary N) is 1. The third-order valence-electron chi connectivity index (χ3n) is 5.42. The van der Waals surface area contributed by atoms with Crippen LogP contribution in [0.1, 0.15) is 31.2 Å². The summed E-state index contributed by atoms with van der Waals surface area (Å²) < 4.78 is 0. The van der Waals surface area contributed by atoms with Gasteiger partial charge in [0.15, 0.2) is 0 Å². The Labute approximate surface area is 163 Å². The molecule has 3 N–H and O–H groups in total. The average molecular weight is 374 g/mol. The van der Waals surface area contributed by atoms with E-state index in [0.29, 0.717) is 18.5 Å². The quantitative estimate of drug-likeness (QED) is 0.840. The molecule has 1 saturated heterocycles. The molecule has 1 heterocycles. The SMILES string of the molecule is N#Cc1cc(-c2cccc(NC(=O)C3CC3)c2)ccc1N1CCC[C@@H]1C(N)=O. The highest BCUT2D eigenvalue weighted by Crippen LogP contribution is 2.33. The van der Waals surface area contributed by atoms with E-state index in [1.165, 1.54) is 0 Å². The average Bonchev–Trinajstić information content (AvgIpc) is 3.44. The number of carbonyl (C=O) groups excluding carboxylic acids is 2. The minimum Gasteiger partial charge on any atom is -0.368 e. The van der Waals surface area contributed by atoms with Crippen LogP contribution in [-0.4, -0.2) is 24.4 Å². The normalized spacial score (nSPS) is 18.5. The van der Waals surface area contributed by atoms with Crippen molar-refractivity contribution in [1.29, 1.82) is 5.26 Å². The fourth-order valence-corrected chi connectivity index (χ4v) is 3.77. The second-order valence-corrected chi connectivity index (χ2v) is 7.44. The van der Waals surface area contributed by atoms with Gasteiger partial charge in [-0.1, -0.05) is 18.2 Å². The highest BCUT2D eigenvalue weighted by Gasteiger charge is 2.31. The van der Waals surface area contributed by atoms with Crippen LogP contribution in [-0.2, 0) is 9.59 Å². The largest absolute Gasteiger partial charge is 0.368 e. The van der Waals surface area contributed by atoms with Gasteiger partial charge >= 0.3 is 0 Å². The van der Waals surface area contributed by atoms with Crippen molar-refractivity contribution >= 4 is 23.2 Å². The number of hydrogen-bond donors (Lipinski definition) is 2. The number of nitrogens with one attached hydrogen (secondary N) is 1. The lowest BCUT2D eigenvalue weighted by Gasteiger charge is -2.25. The molecule has 4 rings (SSSR count). The van der Waals surface area contributed by atoms with Crippen LogP contribution in [0.2, 0.25) is 0 Å². The van der Waals surface area contributed by atoms with E-state index in [0.717, 1.165) is 41.8 Å².